The number of hydroxylamine groups is 2. The predicted octanol–water partition coefficient (Wildman–Crippen LogP) is 4.02. The summed E-state index contributed by atoms with van der Waals surface area (Å²) >= 11 is 3.17. The van der Waals surface area contributed by atoms with Crippen molar-refractivity contribution >= 4 is 38.3 Å². The number of benzene rings is 1. The number of carbonyl (C=O) groups is 1. The van der Waals surface area contributed by atoms with Gasteiger partial charge in [0.2, 0.25) is 0 Å². The van der Waals surface area contributed by atoms with Crippen LogP contribution in [0.1, 0.15) is 38.8 Å². The van der Waals surface area contributed by atoms with Crippen LogP contribution in [0, 0.1) is 6.92 Å². The molecule has 4 aliphatic rings. The first-order valence-electron chi connectivity index (χ1n) is 12.0. The molecule has 1 aromatic rings. The van der Waals surface area contributed by atoms with Gasteiger partial charge in [-0.25, -0.2) is 0 Å². The third-order valence-corrected chi connectivity index (χ3v) is 7.66. The van der Waals surface area contributed by atoms with Crippen LogP contribution in [-0.2, 0) is 4.74 Å². The molecule has 2 N–H and O–H groups in total. The van der Waals surface area contributed by atoms with Gasteiger partial charge < -0.3 is 0 Å². The first-order valence-corrected chi connectivity index (χ1v) is 12.8. The van der Waals surface area contributed by atoms with Crippen LogP contribution in [-0.4, -0.2) is 69.0 Å². The molecule has 4 aliphatic heterocycles. The maximum Gasteiger partial charge on any atom is -0.0683 e. The number of ether oxygens (including phenoxy) is 3. The van der Waals surface area contributed by atoms with E-state index in [1.165, 1.54) is 5.57 Å². The number of allylic oxidation sites excluding steroid dienone is 4. The molecule has 35 heavy (non-hydrogen) atoms. The van der Waals surface area contributed by atoms with Crippen molar-refractivity contribution < 1.29 is 24.2 Å². The SMILES string of the molecule is C=C1C2=CC3=C(COC(=O)N3O)C(=[Se])B2C/C1=C(\CNC(C)C)c1cc2c(cc1C)OCO2.CC. The summed E-state index contributed by atoms with van der Waals surface area (Å²) in [5.74, 6) is 1.51. The van der Waals surface area contributed by atoms with Crippen LogP contribution >= 0.6 is 0 Å². The summed E-state index contributed by atoms with van der Waals surface area (Å²) in [6, 6.07) is 4.39. The Morgan fingerprint density at radius 1 is 1.26 bits per heavy atom. The van der Waals surface area contributed by atoms with Gasteiger partial charge in [-0.2, -0.15) is 0 Å². The van der Waals surface area contributed by atoms with Gasteiger partial charge in [0.1, 0.15) is 0 Å². The Labute approximate surface area is 214 Å². The maximum atomic E-state index is 11.9. The van der Waals surface area contributed by atoms with E-state index >= 15 is 0 Å². The van der Waals surface area contributed by atoms with Crippen LogP contribution in [0.15, 0.2) is 52.7 Å². The van der Waals surface area contributed by atoms with Crippen molar-refractivity contribution in [2.75, 3.05) is 19.9 Å². The minimum atomic E-state index is -0.769. The van der Waals surface area contributed by atoms with E-state index in [9.17, 15) is 10.0 Å². The topological polar surface area (TPSA) is 80.3 Å². The number of nitrogens with one attached hydrogen (secondary N) is 1. The fraction of sp³-hybridized carbons (Fsp3) is 0.385. The fourth-order valence-electron chi connectivity index (χ4n) is 4.79. The quantitative estimate of drug-likeness (QED) is 0.443. The number of aryl methyl sites for hydroxylation is 1. The monoisotopic (exact) mass is 542 g/mol. The molecule has 5 rings (SSSR count). The minimum absolute atomic E-state index is 0.0832. The summed E-state index contributed by atoms with van der Waals surface area (Å²) in [4.78, 5) is 11.9. The Bertz CT molecular complexity index is 1200. The molecular formula is C26H31BN2O5Se. The number of amides is 1. The van der Waals surface area contributed by atoms with Crippen LogP contribution in [0.5, 0.6) is 11.5 Å². The van der Waals surface area contributed by atoms with Gasteiger partial charge in [0.25, 0.3) is 0 Å². The second-order valence-corrected chi connectivity index (χ2v) is 9.87. The Morgan fingerprint density at radius 2 is 1.94 bits per heavy atom. The summed E-state index contributed by atoms with van der Waals surface area (Å²) in [6.07, 6.45) is 1.87. The summed E-state index contributed by atoms with van der Waals surface area (Å²) < 4.78 is 17.3. The number of nitrogens with zero attached hydrogens (tertiary/aromatic N) is 1. The van der Waals surface area contributed by atoms with Crippen molar-refractivity contribution in [1.29, 1.82) is 0 Å². The van der Waals surface area contributed by atoms with E-state index in [0.29, 0.717) is 23.3 Å². The molecule has 1 amide bonds. The van der Waals surface area contributed by atoms with Gasteiger partial charge in [-0.05, 0) is 0 Å². The van der Waals surface area contributed by atoms with Crippen molar-refractivity contribution in [1.82, 2.24) is 10.4 Å². The normalized spacial score (nSPS) is 19.9. The van der Waals surface area contributed by atoms with Crippen LogP contribution in [0.2, 0.25) is 6.32 Å². The second kappa shape index (κ2) is 10.2. The van der Waals surface area contributed by atoms with E-state index in [2.05, 4.69) is 54.3 Å². The summed E-state index contributed by atoms with van der Waals surface area (Å²) in [5, 5.41) is 14.4. The van der Waals surface area contributed by atoms with E-state index in [-0.39, 0.29) is 20.1 Å². The molecule has 4 heterocycles. The zero-order valence-corrected chi connectivity index (χ0v) is 22.6. The molecule has 0 bridgehead atoms. The van der Waals surface area contributed by atoms with Crippen molar-refractivity contribution in [3.63, 3.8) is 0 Å². The molecule has 1 aromatic carbocycles. The number of hydrogen-bond donors (Lipinski definition) is 2. The largest absolute Gasteiger partial charge is 0.0683 e. The van der Waals surface area contributed by atoms with Gasteiger partial charge in [0.05, 0.1) is 0 Å². The Kier molecular flexibility index (Phi) is 7.43. The molecule has 0 radical (unpaired) electrons. The molecule has 184 valence electrons. The van der Waals surface area contributed by atoms with Crippen molar-refractivity contribution in [3.8, 4) is 11.5 Å². The van der Waals surface area contributed by atoms with E-state index in [1.54, 1.807) is 0 Å². The summed E-state index contributed by atoms with van der Waals surface area (Å²) in [5.41, 5.74) is 7.72. The molecule has 7 nitrogen and oxygen atoms in total. The first kappa shape index (κ1) is 25.5. The average molecular weight is 541 g/mol. The number of hydrogen-bond acceptors (Lipinski definition) is 6. The van der Waals surface area contributed by atoms with Gasteiger partial charge in [-0.1, -0.05) is 13.8 Å². The van der Waals surface area contributed by atoms with Crippen LogP contribution in [0.4, 0.5) is 4.79 Å². The van der Waals surface area contributed by atoms with Crippen molar-refractivity contribution in [2.45, 2.75) is 47.0 Å². The van der Waals surface area contributed by atoms with Gasteiger partial charge in [-0.3, -0.25) is 0 Å². The zero-order chi connectivity index (χ0) is 25.4. The molecule has 1 saturated heterocycles. The average Bonchev–Trinajstić information content (AvgIpc) is 3.42. The molecule has 0 saturated carbocycles. The molecular weight excluding hydrogens is 510 g/mol. The number of cyclic esters (lactones) is 1. The third-order valence-electron chi connectivity index (χ3n) is 6.55. The van der Waals surface area contributed by atoms with Gasteiger partial charge in [0.15, 0.2) is 0 Å². The first-order chi connectivity index (χ1) is 16.8. The molecule has 9 heteroatoms. The molecule has 1 fully saturated rings. The molecule has 0 aromatic heterocycles. The van der Waals surface area contributed by atoms with E-state index in [1.807, 2.05) is 26.0 Å². The van der Waals surface area contributed by atoms with Crippen LogP contribution in [0.3, 0.4) is 0 Å². The summed E-state index contributed by atoms with van der Waals surface area (Å²) in [6.45, 7) is 15.9. The number of carbonyl (C=O) groups excluding carboxylic acids is 1. The van der Waals surface area contributed by atoms with Gasteiger partial charge >= 0.3 is 201 Å². The van der Waals surface area contributed by atoms with E-state index in [0.717, 1.165) is 55.5 Å². The van der Waals surface area contributed by atoms with E-state index in [4.69, 9.17) is 14.2 Å². The standard InChI is InChI=1S/C24H25BN2O5Se.C2H6/c1-12(2)26-9-17(15-6-22-21(5-13(15)3)31-11-32-22)16-8-25-19(14(16)4)7-20-18(23(25)33)10-30-24(28)27(20)29;1-2/h5-7,12,26,29H,4,8-11H2,1-3H3;1-2H3/b17-16-;. The minimum Gasteiger partial charge on any atom is -0.0683 e. The Balaban J connectivity index is 0.00000141. The number of fused-ring (bicyclic) bond motifs is 2. The van der Waals surface area contributed by atoms with E-state index < -0.39 is 6.09 Å². The summed E-state index contributed by atoms with van der Waals surface area (Å²) in [7, 11) is 0. The fourth-order valence-corrected chi connectivity index (χ4v) is 5.57. The second-order valence-electron chi connectivity index (χ2n) is 8.94. The zero-order valence-electron chi connectivity index (χ0n) is 20.9. The predicted molar refractivity (Wildman–Crippen MR) is 139 cm³/mol. The van der Waals surface area contributed by atoms with Crippen molar-refractivity contribution in [3.05, 3.63) is 63.8 Å². The molecule has 0 unspecified atom stereocenters. The third kappa shape index (κ3) is 4.54. The maximum absolute atomic E-state index is 11.9. The van der Waals surface area contributed by atoms with Crippen LogP contribution in [0.25, 0.3) is 5.57 Å². The Morgan fingerprint density at radius 3 is 2.63 bits per heavy atom. The van der Waals surface area contributed by atoms with Crippen LogP contribution < -0.4 is 14.8 Å². The molecule has 0 atom stereocenters. The van der Waals surface area contributed by atoms with Gasteiger partial charge in [-0.15, -0.1) is 0 Å². The smallest absolute Gasteiger partial charge is 0.0683 e. The van der Waals surface area contributed by atoms with Gasteiger partial charge in [0, 0.05) is 0 Å². The number of rotatable bonds is 4. The molecule has 0 aliphatic carbocycles. The Hall–Kier alpha value is -2.58. The van der Waals surface area contributed by atoms with Crippen molar-refractivity contribution in [2.24, 2.45) is 0 Å². The molecule has 0 spiro atoms.